The van der Waals surface area contributed by atoms with Crippen LogP contribution in [0.2, 0.25) is 0 Å². The minimum atomic E-state index is 0.249. The van der Waals surface area contributed by atoms with Crippen LogP contribution in [0, 0.1) is 6.92 Å². The summed E-state index contributed by atoms with van der Waals surface area (Å²) in [5.41, 5.74) is 2.04. The number of nitrogens with one attached hydrogen (secondary N) is 1. The Balaban J connectivity index is 2.03. The summed E-state index contributed by atoms with van der Waals surface area (Å²) in [5, 5.41) is 3.32. The van der Waals surface area contributed by atoms with Gasteiger partial charge in [-0.25, -0.2) is 0 Å². The number of hydrogen-bond acceptors (Lipinski definition) is 4. The molecular weight excluding hydrogens is 252 g/mol. The molecule has 0 amide bonds. The standard InChI is InChI=1S/C16H26N2O2/c1-4-17-11-15-16(9-8-12(2)18-15)20-14-7-5-6-13(10-14)19-3/h8-9,13-14,17H,4-7,10-11H2,1-3H3. The SMILES string of the molecule is CCNCc1nc(C)ccc1OC1CCCC(OC)C1. The zero-order valence-electron chi connectivity index (χ0n) is 12.8. The highest BCUT2D eigenvalue weighted by atomic mass is 16.5. The molecule has 4 nitrogen and oxygen atoms in total. The van der Waals surface area contributed by atoms with Gasteiger partial charge in [0.25, 0.3) is 0 Å². The molecule has 2 atom stereocenters. The Morgan fingerprint density at radius 2 is 2.10 bits per heavy atom. The summed E-state index contributed by atoms with van der Waals surface area (Å²) in [4.78, 5) is 4.60. The minimum Gasteiger partial charge on any atom is -0.488 e. The van der Waals surface area contributed by atoms with Gasteiger partial charge in [0.15, 0.2) is 0 Å². The van der Waals surface area contributed by atoms with Crippen LogP contribution in [0.4, 0.5) is 0 Å². The number of hydrogen-bond donors (Lipinski definition) is 1. The van der Waals surface area contributed by atoms with Crippen molar-refractivity contribution in [2.24, 2.45) is 0 Å². The van der Waals surface area contributed by atoms with Crippen LogP contribution in [0.5, 0.6) is 5.75 Å². The van der Waals surface area contributed by atoms with Crippen molar-refractivity contribution in [1.29, 1.82) is 0 Å². The Hall–Kier alpha value is -1.13. The van der Waals surface area contributed by atoms with Crippen molar-refractivity contribution in [2.45, 2.75) is 58.3 Å². The van der Waals surface area contributed by atoms with Gasteiger partial charge in [-0.15, -0.1) is 0 Å². The summed E-state index contributed by atoms with van der Waals surface area (Å²) in [6.45, 7) is 5.81. The number of aryl methyl sites for hydroxylation is 1. The molecule has 1 fully saturated rings. The lowest BCUT2D eigenvalue weighted by Crippen LogP contribution is -2.30. The number of aromatic nitrogens is 1. The largest absolute Gasteiger partial charge is 0.488 e. The van der Waals surface area contributed by atoms with Crippen LogP contribution in [-0.4, -0.2) is 30.8 Å². The third kappa shape index (κ3) is 4.18. The lowest BCUT2D eigenvalue weighted by Gasteiger charge is -2.29. The Kier molecular flexibility index (Phi) is 5.80. The molecule has 0 bridgehead atoms. The van der Waals surface area contributed by atoms with Crippen LogP contribution in [0.1, 0.15) is 44.0 Å². The predicted molar refractivity (Wildman–Crippen MR) is 80.0 cm³/mol. The van der Waals surface area contributed by atoms with Crippen molar-refractivity contribution < 1.29 is 9.47 Å². The molecule has 1 aliphatic rings. The van der Waals surface area contributed by atoms with E-state index in [0.29, 0.717) is 6.10 Å². The minimum absolute atomic E-state index is 0.249. The molecule has 20 heavy (non-hydrogen) atoms. The van der Waals surface area contributed by atoms with Crippen molar-refractivity contribution in [3.05, 3.63) is 23.5 Å². The van der Waals surface area contributed by atoms with Gasteiger partial charge in [0.1, 0.15) is 11.9 Å². The Morgan fingerprint density at radius 1 is 1.30 bits per heavy atom. The maximum atomic E-state index is 6.19. The molecule has 0 radical (unpaired) electrons. The van der Waals surface area contributed by atoms with Gasteiger partial charge in [0, 0.05) is 25.8 Å². The average molecular weight is 278 g/mol. The molecular formula is C16H26N2O2. The van der Waals surface area contributed by atoms with Gasteiger partial charge in [-0.2, -0.15) is 0 Å². The monoisotopic (exact) mass is 278 g/mol. The third-order valence-electron chi connectivity index (χ3n) is 3.82. The highest BCUT2D eigenvalue weighted by Gasteiger charge is 2.23. The lowest BCUT2D eigenvalue weighted by molar-refractivity contribution is 0.0205. The number of rotatable bonds is 6. The average Bonchev–Trinajstić information content (AvgIpc) is 2.47. The van der Waals surface area contributed by atoms with E-state index in [1.165, 1.54) is 6.42 Å². The van der Waals surface area contributed by atoms with Gasteiger partial charge in [0.2, 0.25) is 0 Å². The first-order valence-corrected chi connectivity index (χ1v) is 7.59. The van der Waals surface area contributed by atoms with E-state index in [2.05, 4.69) is 17.2 Å². The van der Waals surface area contributed by atoms with Crippen LogP contribution in [0.25, 0.3) is 0 Å². The first-order valence-electron chi connectivity index (χ1n) is 7.59. The zero-order chi connectivity index (χ0) is 14.4. The predicted octanol–water partition coefficient (Wildman–Crippen LogP) is 2.84. The summed E-state index contributed by atoms with van der Waals surface area (Å²) < 4.78 is 11.7. The summed E-state index contributed by atoms with van der Waals surface area (Å²) in [6, 6.07) is 4.06. The van der Waals surface area contributed by atoms with Crippen molar-refractivity contribution in [2.75, 3.05) is 13.7 Å². The van der Waals surface area contributed by atoms with Crippen LogP contribution in [0.15, 0.2) is 12.1 Å². The van der Waals surface area contributed by atoms with E-state index in [0.717, 1.165) is 49.5 Å². The maximum Gasteiger partial charge on any atom is 0.142 e. The van der Waals surface area contributed by atoms with Gasteiger partial charge in [0.05, 0.1) is 11.8 Å². The van der Waals surface area contributed by atoms with Crippen LogP contribution in [0.3, 0.4) is 0 Å². The molecule has 1 aromatic heterocycles. The fraction of sp³-hybridized carbons (Fsp3) is 0.688. The maximum absolute atomic E-state index is 6.19. The molecule has 0 aromatic carbocycles. The van der Waals surface area contributed by atoms with Gasteiger partial charge in [-0.1, -0.05) is 6.92 Å². The number of pyridine rings is 1. The van der Waals surface area contributed by atoms with E-state index in [-0.39, 0.29) is 6.10 Å². The Bertz CT molecular complexity index is 423. The Labute approximate surface area is 121 Å². The van der Waals surface area contributed by atoms with Crippen molar-refractivity contribution in [1.82, 2.24) is 10.3 Å². The molecule has 1 heterocycles. The zero-order valence-corrected chi connectivity index (χ0v) is 12.8. The van der Waals surface area contributed by atoms with E-state index >= 15 is 0 Å². The summed E-state index contributed by atoms with van der Waals surface area (Å²) in [6.07, 6.45) is 4.99. The topological polar surface area (TPSA) is 43.4 Å². The fourth-order valence-corrected chi connectivity index (χ4v) is 2.68. The highest BCUT2D eigenvalue weighted by Crippen LogP contribution is 2.27. The van der Waals surface area contributed by atoms with Gasteiger partial charge in [-0.05, 0) is 44.9 Å². The van der Waals surface area contributed by atoms with E-state index in [9.17, 15) is 0 Å². The molecule has 2 rings (SSSR count). The summed E-state index contributed by atoms with van der Waals surface area (Å²) >= 11 is 0. The van der Waals surface area contributed by atoms with Gasteiger partial charge < -0.3 is 14.8 Å². The lowest BCUT2D eigenvalue weighted by atomic mass is 9.95. The molecule has 1 saturated carbocycles. The van der Waals surface area contributed by atoms with Gasteiger partial charge >= 0.3 is 0 Å². The fourth-order valence-electron chi connectivity index (χ4n) is 2.68. The molecule has 4 heteroatoms. The molecule has 112 valence electrons. The molecule has 0 spiro atoms. The van der Waals surface area contributed by atoms with E-state index in [1.807, 2.05) is 19.1 Å². The molecule has 2 unspecified atom stereocenters. The van der Waals surface area contributed by atoms with Crippen molar-refractivity contribution >= 4 is 0 Å². The normalized spacial score (nSPS) is 22.8. The molecule has 1 aromatic rings. The Morgan fingerprint density at radius 3 is 2.85 bits per heavy atom. The molecule has 1 N–H and O–H groups in total. The number of methoxy groups -OCH3 is 1. The highest BCUT2D eigenvalue weighted by molar-refractivity contribution is 5.29. The van der Waals surface area contributed by atoms with Crippen molar-refractivity contribution in [3.8, 4) is 5.75 Å². The first kappa shape index (κ1) is 15.3. The molecule has 0 saturated heterocycles. The van der Waals surface area contributed by atoms with Crippen LogP contribution in [-0.2, 0) is 11.3 Å². The molecule has 1 aliphatic carbocycles. The van der Waals surface area contributed by atoms with Gasteiger partial charge in [-0.3, -0.25) is 4.98 Å². The van der Waals surface area contributed by atoms with Crippen molar-refractivity contribution in [3.63, 3.8) is 0 Å². The van der Waals surface area contributed by atoms with E-state index in [4.69, 9.17) is 9.47 Å². The first-order chi connectivity index (χ1) is 9.72. The van der Waals surface area contributed by atoms with E-state index in [1.54, 1.807) is 7.11 Å². The molecule has 0 aliphatic heterocycles. The van der Waals surface area contributed by atoms with Crippen LogP contribution >= 0.6 is 0 Å². The number of ether oxygens (including phenoxy) is 2. The third-order valence-corrected chi connectivity index (χ3v) is 3.82. The second-order valence-electron chi connectivity index (χ2n) is 5.44. The summed E-state index contributed by atoms with van der Waals surface area (Å²) in [7, 11) is 1.79. The van der Waals surface area contributed by atoms with Crippen LogP contribution < -0.4 is 10.1 Å². The number of nitrogens with zero attached hydrogens (tertiary/aromatic N) is 1. The second kappa shape index (κ2) is 7.60. The second-order valence-corrected chi connectivity index (χ2v) is 5.44. The summed E-state index contributed by atoms with van der Waals surface area (Å²) in [5.74, 6) is 0.915. The quantitative estimate of drug-likeness (QED) is 0.869. The smallest absolute Gasteiger partial charge is 0.142 e. The van der Waals surface area contributed by atoms with E-state index < -0.39 is 0 Å².